The molecule has 3 heterocycles. The Hall–Kier alpha value is -3.68. The maximum Gasteiger partial charge on any atom is 0.453 e. The molecule has 1 N–H and O–H groups in total. The first-order valence-corrected chi connectivity index (χ1v) is 9.66. The summed E-state index contributed by atoms with van der Waals surface area (Å²) in [7, 11) is 0. The number of nitriles is 1. The first kappa shape index (κ1) is 20.6. The zero-order valence-electron chi connectivity index (χ0n) is 16.3. The Bertz CT molecular complexity index is 1130. The standard InChI is InChI=1S/C20H18F3N7O/c21-20(22,23)19-27-26-16-5-6-17(28-30(16)19)29-9-7-15(8-10-29)18(31)25-12-14-3-1-13(11-24)2-4-14/h1-6,15H,7-10,12H2,(H,25,31). The Morgan fingerprint density at radius 2 is 1.84 bits per heavy atom. The third-order valence-corrected chi connectivity index (χ3v) is 5.24. The molecule has 0 saturated carbocycles. The minimum Gasteiger partial charge on any atom is -0.355 e. The topological polar surface area (TPSA) is 99.2 Å². The number of carbonyl (C=O) groups excluding carboxylic acids is 1. The van der Waals surface area contributed by atoms with E-state index in [2.05, 4.69) is 20.6 Å². The van der Waals surface area contributed by atoms with Gasteiger partial charge in [-0.05, 0) is 42.7 Å². The zero-order valence-corrected chi connectivity index (χ0v) is 16.3. The van der Waals surface area contributed by atoms with Crippen molar-refractivity contribution in [1.29, 1.82) is 5.26 Å². The third kappa shape index (κ3) is 4.42. The number of anilines is 1. The van der Waals surface area contributed by atoms with Crippen molar-refractivity contribution in [3.05, 3.63) is 53.3 Å². The number of nitrogens with zero attached hydrogens (tertiary/aromatic N) is 6. The van der Waals surface area contributed by atoms with E-state index in [0.717, 1.165) is 5.56 Å². The molecule has 0 bridgehead atoms. The number of carbonyl (C=O) groups is 1. The lowest BCUT2D eigenvalue weighted by molar-refractivity contribution is -0.146. The van der Waals surface area contributed by atoms with Crippen molar-refractivity contribution in [2.75, 3.05) is 18.0 Å². The van der Waals surface area contributed by atoms with E-state index in [4.69, 9.17) is 5.26 Å². The minimum absolute atomic E-state index is 0.0214. The summed E-state index contributed by atoms with van der Waals surface area (Å²) in [4.78, 5) is 14.3. The normalized spacial score (nSPS) is 15.1. The van der Waals surface area contributed by atoms with Gasteiger partial charge in [-0.2, -0.15) is 22.9 Å². The van der Waals surface area contributed by atoms with Gasteiger partial charge in [0.2, 0.25) is 5.91 Å². The second-order valence-electron chi connectivity index (χ2n) is 7.27. The number of fused-ring (bicyclic) bond motifs is 1. The molecule has 11 heteroatoms. The molecule has 0 unspecified atom stereocenters. The molecule has 4 rings (SSSR count). The van der Waals surface area contributed by atoms with Gasteiger partial charge in [0, 0.05) is 25.6 Å². The van der Waals surface area contributed by atoms with Crippen molar-refractivity contribution in [3.63, 3.8) is 0 Å². The Balaban J connectivity index is 1.35. The lowest BCUT2D eigenvalue weighted by Gasteiger charge is -2.32. The van der Waals surface area contributed by atoms with E-state index in [1.165, 1.54) is 6.07 Å². The molecule has 3 aromatic rings. The summed E-state index contributed by atoms with van der Waals surface area (Å²) in [5, 5.41) is 22.5. The zero-order chi connectivity index (χ0) is 22.0. The predicted octanol–water partition coefficient (Wildman–Crippen LogP) is 2.55. The highest BCUT2D eigenvalue weighted by molar-refractivity contribution is 5.79. The van der Waals surface area contributed by atoms with Gasteiger partial charge in [-0.25, -0.2) is 0 Å². The van der Waals surface area contributed by atoms with Crippen LogP contribution in [0.3, 0.4) is 0 Å². The largest absolute Gasteiger partial charge is 0.453 e. The first-order valence-electron chi connectivity index (χ1n) is 9.66. The van der Waals surface area contributed by atoms with Gasteiger partial charge >= 0.3 is 6.18 Å². The molecular formula is C20H18F3N7O. The number of benzene rings is 1. The van der Waals surface area contributed by atoms with Crippen LogP contribution in [0.2, 0.25) is 0 Å². The third-order valence-electron chi connectivity index (χ3n) is 5.24. The Labute approximate surface area is 175 Å². The van der Waals surface area contributed by atoms with E-state index in [1.807, 2.05) is 11.0 Å². The summed E-state index contributed by atoms with van der Waals surface area (Å²) in [6.07, 6.45) is -3.52. The fourth-order valence-corrected chi connectivity index (χ4v) is 3.53. The predicted molar refractivity (Wildman–Crippen MR) is 104 cm³/mol. The molecule has 160 valence electrons. The van der Waals surface area contributed by atoms with Crippen LogP contribution in [-0.2, 0) is 17.5 Å². The molecule has 0 spiro atoms. The Kier molecular flexibility index (Phi) is 5.46. The van der Waals surface area contributed by atoms with E-state index in [-0.39, 0.29) is 17.5 Å². The van der Waals surface area contributed by atoms with Crippen LogP contribution in [0.1, 0.15) is 29.8 Å². The van der Waals surface area contributed by atoms with Gasteiger partial charge in [-0.1, -0.05) is 12.1 Å². The minimum atomic E-state index is -4.65. The SMILES string of the molecule is N#Cc1ccc(CNC(=O)C2CCN(c3ccc4nnc(C(F)(F)F)n4n3)CC2)cc1. The van der Waals surface area contributed by atoms with Crippen LogP contribution in [0.25, 0.3) is 5.65 Å². The van der Waals surface area contributed by atoms with Crippen LogP contribution in [0.4, 0.5) is 19.0 Å². The second kappa shape index (κ2) is 8.22. The summed E-state index contributed by atoms with van der Waals surface area (Å²) in [6.45, 7) is 1.37. The number of amides is 1. The molecule has 1 amide bonds. The smallest absolute Gasteiger partial charge is 0.355 e. The molecule has 0 radical (unpaired) electrons. The van der Waals surface area contributed by atoms with E-state index in [9.17, 15) is 18.0 Å². The van der Waals surface area contributed by atoms with Crippen molar-refractivity contribution in [2.24, 2.45) is 5.92 Å². The van der Waals surface area contributed by atoms with Gasteiger partial charge < -0.3 is 10.2 Å². The van der Waals surface area contributed by atoms with Crippen LogP contribution in [0.5, 0.6) is 0 Å². The number of rotatable bonds is 4. The molecule has 8 nitrogen and oxygen atoms in total. The molecule has 0 atom stereocenters. The number of alkyl halides is 3. The molecule has 1 aliphatic heterocycles. The van der Waals surface area contributed by atoms with Gasteiger partial charge in [0.15, 0.2) is 5.65 Å². The van der Waals surface area contributed by atoms with Crippen LogP contribution in [0.15, 0.2) is 36.4 Å². The molecule has 0 aliphatic carbocycles. The number of hydrogen-bond acceptors (Lipinski definition) is 6. The van der Waals surface area contributed by atoms with E-state index >= 15 is 0 Å². The van der Waals surface area contributed by atoms with Crippen molar-refractivity contribution in [1.82, 2.24) is 25.1 Å². The van der Waals surface area contributed by atoms with Crippen molar-refractivity contribution < 1.29 is 18.0 Å². The van der Waals surface area contributed by atoms with Crippen LogP contribution >= 0.6 is 0 Å². The number of piperidine rings is 1. The highest BCUT2D eigenvalue weighted by Gasteiger charge is 2.38. The number of hydrogen-bond donors (Lipinski definition) is 1. The van der Waals surface area contributed by atoms with Crippen LogP contribution in [-0.4, -0.2) is 38.8 Å². The second-order valence-corrected chi connectivity index (χ2v) is 7.27. The van der Waals surface area contributed by atoms with Crippen LogP contribution < -0.4 is 10.2 Å². The van der Waals surface area contributed by atoms with Crippen molar-refractivity contribution in [2.45, 2.75) is 25.6 Å². The number of nitrogens with one attached hydrogen (secondary N) is 1. The fraction of sp³-hybridized carbons (Fsp3) is 0.350. The van der Waals surface area contributed by atoms with Gasteiger partial charge in [0.25, 0.3) is 5.82 Å². The lowest BCUT2D eigenvalue weighted by atomic mass is 9.96. The van der Waals surface area contributed by atoms with Crippen molar-refractivity contribution >= 4 is 17.4 Å². The molecule has 31 heavy (non-hydrogen) atoms. The fourth-order valence-electron chi connectivity index (χ4n) is 3.53. The maximum absolute atomic E-state index is 13.1. The molecule has 1 aromatic carbocycles. The van der Waals surface area contributed by atoms with Crippen LogP contribution in [0, 0.1) is 17.2 Å². The Morgan fingerprint density at radius 1 is 1.13 bits per heavy atom. The number of halogens is 3. The highest BCUT2D eigenvalue weighted by Crippen LogP contribution is 2.28. The van der Waals surface area contributed by atoms with E-state index in [1.54, 1.807) is 30.3 Å². The summed E-state index contributed by atoms with van der Waals surface area (Å²) in [6, 6.07) is 12.1. The molecule has 2 aromatic heterocycles. The average molecular weight is 429 g/mol. The monoisotopic (exact) mass is 429 g/mol. The summed E-state index contributed by atoms with van der Waals surface area (Å²) in [5.74, 6) is -1.03. The van der Waals surface area contributed by atoms with E-state index in [0.29, 0.717) is 48.4 Å². The molecule has 1 fully saturated rings. The maximum atomic E-state index is 13.1. The Morgan fingerprint density at radius 3 is 2.48 bits per heavy atom. The van der Waals surface area contributed by atoms with Gasteiger partial charge in [0.1, 0.15) is 5.82 Å². The highest BCUT2D eigenvalue weighted by atomic mass is 19.4. The van der Waals surface area contributed by atoms with Crippen molar-refractivity contribution in [3.8, 4) is 6.07 Å². The molecule has 1 aliphatic rings. The summed E-state index contributed by atoms with van der Waals surface area (Å²) < 4.78 is 39.9. The lowest BCUT2D eigenvalue weighted by Crippen LogP contribution is -2.40. The van der Waals surface area contributed by atoms with Gasteiger partial charge in [-0.3, -0.25) is 4.79 Å². The van der Waals surface area contributed by atoms with E-state index < -0.39 is 12.0 Å². The first-order chi connectivity index (χ1) is 14.8. The molecular weight excluding hydrogens is 411 g/mol. The average Bonchev–Trinajstić information content (AvgIpc) is 3.22. The molecule has 1 saturated heterocycles. The van der Waals surface area contributed by atoms with Gasteiger partial charge in [-0.15, -0.1) is 15.3 Å². The number of aromatic nitrogens is 4. The van der Waals surface area contributed by atoms with Gasteiger partial charge in [0.05, 0.1) is 11.6 Å². The quantitative estimate of drug-likeness (QED) is 0.684. The summed E-state index contributed by atoms with van der Waals surface area (Å²) in [5.41, 5.74) is 1.48. The summed E-state index contributed by atoms with van der Waals surface area (Å²) >= 11 is 0.